The number of methoxy groups -OCH3 is 1. The molecule has 4 rings (SSSR count). The monoisotopic (exact) mass is 394 g/mol. The largest absolute Gasteiger partial charge is 0.497 e. The van der Waals surface area contributed by atoms with Crippen molar-refractivity contribution in [3.63, 3.8) is 0 Å². The molecule has 1 amide bonds. The molecule has 2 N–H and O–H groups in total. The number of hydrogen-bond donors (Lipinski definition) is 2. The molecule has 2 heterocycles. The standard InChI is InChI=1S/C23H28N4O2/c1-25-12-14-26(15-13-25)17-23(28)27-22(19-8-10-20(29-2)11-9-19)16-21(24-27)18-6-4-3-5-7-18/h3-11,22H,12-17H2,1-2H3/p+2/t22-/m0/s1. The van der Waals surface area contributed by atoms with Crippen molar-refractivity contribution in [3.8, 4) is 5.75 Å². The molecule has 2 aliphatic rings. The summed E-state index contributed by atoms with van der Waals surface area (Å²) in [6.07, 6.45) is 0.726. The van der Waals surface area contributed by atoms with E-state index in [0.717, 1.165) is 55.2 Å². The van der Waals surface area contributed by atoms with Gasteiger partial charge in [-0.3, -0.25) is 4.79 Å². The van der Waals surface area contributed by atoms with Gasteiger partial charge in [0.2, 0.25) is 0 Å². The summed E-state index contributed by atoms with van der Waals surface area (Å²) in [5.74, 6) is 0.921. The predicted octanol–water partition coefficient (Wildman–Crippen LogP) is -0.214. The second-order valence-corrected chi connectivity index (χ2v) is 8.03. The minimum absolute atomic E-state index is 0.0684. The van der Waals surface area contributed by atoms with Gasteiger partial charge in [0, 0.05) is 6.42 Å². The first-order valence-electron chi connectivity index (χ1n) is 10.4. The van der Waals surface area contributed by atoms with E-state index >= 15 is 0 Å². The summed E-state index contributed by atoms with van der Waals surface area (Å²) in [6, 6.07) is 18.1. The zero-order valence-corrected chi connectivity index (χ0v) is 17.2. The van der Waals surface area contributed by atoms with Gasteiger partial charge in [0.05, 0.1) is 25.9 Å². The second-order valence-electron chi connectivity index (χ2n) is 8.03. The Kier molecular flexibility index (Phi) is 5.92. The molecule has 152 valence electrons. The molecular formula is C23H30N4O2+2. The summed E-state index contributed by atoms with van der Waals surface area (Å²) in [7, 11) is 3.88. The quantitative estimate of drug-likeness (QED) is 0.737. The third-order valence-corrected chi connectivity index (χ3v) is 5.99. The molecule has 0 aromatic heterocycles. The van der Waals surface area contributed by atoms with Gasteiger partial charge in [-0.1, -0.05) is 42.5 Å². The van der Waals surface area contributed by atoms with Gasteiger partial charge >= 0.3 is 0 Å². The summed E-state index contributed by atoms with van der Waals surface area (Å²) in [5, 5.41) is 6.51. The first-order valence-corrected chi connectivity index (χ1v) is 10.4. The molecule has 6 heteroatoms. The Hall–Kier alpha value is -2.70. The second kappa shape index (κ2) is 8.76. The lowest BCUT2D eigenvalue weighted by atomic mass is 9.98. The lowest BCUT2D eigenvalue weighted by molar-refractivity contribution is -1.000. The highest BCUT2D eigenvalue weighted by Crippen LogP contribution is 2.33. The maximum Gasteiger partial charge on any atom is 0.298 e. The van der Waals surface area contributed by atoms with Crippen LogP contribution < -0.4 is 14.5 Å². The van der Waals surface area contributed by atoms with Crippen LogP contribution in [-0.2, 0) is 4.79 Å². The molecule has 2 aliphatic heterocycles. The molecular weight excluding hydrogens is 364 g/mol. The number of ether oxygens (including phenoxy) is 1. The number of hydrogen-bond acceptors (Lipinski definition) is 3. The number of carbonyl (C=O) groups excluding carboxylic acids is 1. The topological polar surface area (TPSA) is 50.8 Å². The van der Waals surface area contributed by atoms with Crippen molar-refractivity contribution < 1.29 is 19.3 Å². The maximum absolute atomic E-state index is 13.2. The number of amides is 1. The Morgan fingerprint density at radius 2 is 1.76 bits per heavy atom. The fraction of sp³-hybridized carbons (Fsp3) is 0.391. The lowest BCUT2D eigenvalue weighted by Crippen LogP contribution is -3.27. The molecule has 1 saturated heterocycles. The number of piperazine rings is 1. The summed E-state index contributed by atoms with van der Waals surface area (Å²) in [5.41, 5.74) is 3.14. The van der Waals surface area contributed by atoms with E-state index < -0.39 is 0 Å². The van der Waals surface area contributed by atoms with Crippen LogP contribution in [0.3, 0.4) is 0 Å². The molecule has 29 heavy (non-hydrogen) atoms. The van der Waals surface area contributed by atoms with E-state index in [0.29, 0.717) is 6.54 Å². The van der Waals surface area contributed by atoms with Crippen LogP contribution in [0.25, 0.3) is 0 Å². The number of carbonyl (C=O) groups is 1. The van der Waals surface area contributed by atoms with Crippen LogP contribution in [0.1, 0.15) is 23.6 Å². The van der Waals surface area contributed by atoms with Gasteiger partial charge in [-0.25, -0.2) is 5.01 Å². The zero-order chi connectivity index (χ0) is 20.2. The number of nitrogens with one attached hydrogen (secondary N) is 2. The highest BCUT2D eigenvalue weighted by Gasteiger charge is 2.35. The minimum Gasteiger partial charge on any atom is -0.497 e. The molecule has 6 nitrogen and oxygen atoms in total. The van der Waals surface area contributed by atoms with Crippen LogP contribution in [0.4, 0.5) is 0 Å². The highest BCUT2D eigenvalue weighted by molar-refractivity contribution is 6.03. The molecule has 2 aromatic rings. The molecule has 1 fully saturated rings. The van der Waals surface area contributed by atoms with E-state index in [1.807, 2.05) is 42.5 Å². The van der Waals surface area contributed by atoms with E-state index in [2.05, 4.69) is 19.2 Å². The fourth-order valence-corrected chi connectivity index (χ4v) is 4.13. The van der Waals surface area contributed by atoms with Crippen molar-refractivity contribution >= 4 is 11.6 Å². The minimum atomic E-state index is -0.0684. The average molecular weight is 395 g/mol. The predicted molar refractivity (Wildman–Crippen MR) is 112 cm³/mol. The number of likely N-dealkylation sites (N-methyl/N-ethyl adjacent to an activating group) is 1. The van der Waals surface area contributed by atoms with Crippen molar-refractivity contribution in [2.24, 2.45) is 5.10 Å². The number of benzene rings is 2. The van der Waals surface area contributed by atoms with Gasteiger partial charge in [0.1, 0.15) is 31.9 Å². The summed E-state index contributed by atoms with van der Waals surface area (Å²) < 4.78 is 5.29. The molecule has 0 unspecified atom stereocenters. The van der Waals surface area contributed by atoms with E-state index in [1.165, 1.54) is 4.90 Å². The van der Waals surface area contributed by atoms with Crippen molar-refractivity contribution in [3.05, 3.63) is 65.7 Å². The van der Waals surface area contributed by atoms with Crippen LogP contribution in [0.2, 0.25) is 0 Å². The summed E-state index contributed by atoms with van der Waals surface area (Å²) >= 11 is 0. The van der Waals surface area contributed by atoms with Crippen LogP contribution in [0.15, 0.2) is 59.7 Å². The molecule has 0 bridgehead atoms. The smallest absolute Gasteiger partial charge is 0.298 e. The van der Waals surface area contributed by atoms with Gasteiger partial charge < -0.3 is 14.5 Å². The highest BCUT2D eigenvalue weighted by atomic mass is 16.5. The number of nitrogens with zero attached hydrogens (tertiary/aromatic N) is 2. The van der Waals surface area contributed by atoms with Crippen molar-refractivity contribution in [1.29, 1.82) is 0 Å². The van der Waals surface area contributed by atoms with Crippen LogP contribution in [0.5, 0.6) is 5.75 Å². The SMILES string of the molecule is COc1ccc([C@@H]2CC(c3ccccc3)=NN2C(=O)C[NH+]2CC[NH+](C)CC2)cc1. The third kappa shape index (κ3) is 4.49. The van der Waals surface area contributed by atoms with E-state index in [1.54, 1.807) is 17.0 Å². The van der Waals surface area contributed by atoms with Crippen molar-refractivity contribution in [1.82, 2.24) is 5.01 Å². The fourth-order valence-electron chi connectivity index (χ4n) is 4.13. The van der Waals surface area contributed by atoms with Crippen LogP contribution >= 0.6 is 0 Å². The van der Waals surface area contributed by atoms with Gasteiger partial charge in [-0.05, 0) is 23.3 Å². The molecule has 0 aliphatic carbocycles. The van der Waals surface area contributed by atoms with E-state index in [-0.39, 0.29) is 11.9 Å². The number of rotatable bonds is 5. The van der Waals surface area contributed by atoms with E-state index in [4.69, 9.17) is 9.84 Å². The molecule has 2 aromatic carbocycles. The normalized spacial score (nSPS) is 24.3. The molecule has 1 atom stereocenters. The number of hydrazone groups is 1. The average Bonchev–Trinajstić information content (AvgIpc) is 3.22. The Morgan fingerprint density at radius 3 is 2.41 bits per heavy atom. The maximum atomic E-state index is 13.2. The Labute approximate surface area is 172 Å². The first-order chi connectivity index (χ1) is 14.1. The Morgan fingerprint density at radius 1 is 1.07 bits per heavy atom. The van der Waals surface area contributed by atoms with Gasteiger partial charge in [-0.15, -0.1) is 0 Å². The van der Waals surface area contributed by atoms with Crippen molar-refractivity contribution in [2.75, 3.05) is 46.9 Å². The van der Waals surface area contributed by atoms with Gasteiger partial charge in [0.25, 0.3) is 5.91 Å². The molecule has 0 radical (unpaired) electrons. The third-order valence-electron chi connectivity index (χ3n) is 5.99. The van der Waals surface area contributed by atoms with Crippen LogP contribution in [0, 0.1) is 0 Å². The lowest BCUT2D eigenvalue weighted by Gasteiger charge is -2.29. The summed E-state index contributed by atoms with van der Waals surface area (Å²) in [4.78, 5) is 16.1. The van der Waals surface area contributed by atoms with E-state index in [9.17, 15) is 4.79 Å². The number of quaternary nitrogens is 2. The van der Waals surface area contributed by atoms with Gasteiger partial charge in [-0.2, -0.15) is 5.10 Å². The first kappa shape index (κ1) is 19.6. The molecule has 0 saturated carbocycles. The summed E-state index contributed by atoms with van der Waals surface area (Å²) in [6.45, 7) is 4.80. The Balaban J connectivity index is 1.56. The molecule has 0 spiro atoms. The Bertz CT molecular complexity index is 858. The van der Waals surface area contributed by atoms with Crippen molar-refractivity contribution in [2.45, 2.75) is 12.5 Å². The van der Waals surface area contributed by atoms with Crippen LogP contribution in [-0.4, -0.2) is 63.5 Å². The van der Waals surface area contributed by atoms with Gasteiger partial charge in [0.15, 0.2) is 6.54 Å². The zero-order valence-electron chi connectivity index (χ0n) is 17.2.